The Morgan fingerprint density at radius 3 is 2.00 bits per heavy atom. The van der Waals surface area contributed by atoms with Crippen LogP contribution in [-0.4, -0.2) is 41.8 Å². The Morgan fingerprint density at radius 1 is 0.970 bits per heavy atom. The van der Waals surface area contributed by atoms with E-state index in [1.54, 1.807) is 20.8 Å². The maximum absolute atomic E-state index is 12.9. The van der Waals surface area contributed by atoms with Gasteiger partial charge in [-0.3, -0.25) is 4.79 Å². The van der Waals surface area contributed by atoms with E-state index >= 15 is 0 Å². The molecular weight excluding hydrogens is 420 g/mol. The van der Waals surface area contributed by atoms with Crippen molar-refractivity contribution in [3.05, 3.63) is 59.7 Å². The molecule has 176 valence electrons. The number of rotatable bonds is 8. The second kappa shape index (κ2) is 10.1. The minimum Gasteiger partial charge on any atom is -0.480 e. The lowest BCUT2D eigenvalue weighted by Gasteiger charge is -2.31. The molecule has 2 aromatic rings. The molecule has 3 N–H and O–H groups in total. The summed E-state index contributed by atoms with van der Waals surface area (Å²) >= 11 is 0. The predicted molar refractivity (Wildman–Crippen MR) is 126 cm³/mol. The standard InChI is InChI=1S/C26H32N2O5/c1-5-10-21(24(30)31)27-23(29)22(26(2,3)4)28-25(32)33-15-20-18-13-8-6-11-16(18)17-12-7-9-14-19(17)20/h6-9,11-14,20-22H,5,10,15H2,1-4H3,(H,27,29)(H,28,32)(H,30,31). The maximum Gasteiger partial charge on any atom is 0.407 e. The van der Waals surface area contributed by atoms with E-state index in [4.69, 9.17) is 4.74 Å². The normalized spacial score (nSPS) is 14.5. The van der Waals surface area contributed by atoms with E-state index in [2.05, 4.69) is 22.8 Å². The minimum atomic E-state index is -1.10. The topological polar surface area (TPSA) is 105 Å². The number of carbonyl (C=O) groups is 3. The van der Waals surface area contributed by atoms with Crippen LogP contribution in [0.15, 0.2) is 48.5 Å². The first-order valence-corrected chi connectivity index (χ1v) is 11.3. The van der Waals surface area contributed by atoms with Gasteiger partial charge in [-0.2, -0.15) is 0 Å². The van der Waals surface area contributed by atoms with Gasteiger partial charge in [0.1, 0.15) is 18.7 Å². The van der Waals surface area contributed by atoms with Gasteiger partial charge in [0.25, 0.3) is 0 Å². The number of hydrogen-bond acceptors (Lipinski definition) is 4. The molecule has 0 heterocycles. The van der Waals surface area contributed by atoms with Crippen LogP contribution >= 0.6 is 0 Å². The fourth-order valence-corrected chi connectivity index (χ4v) is 4.23. The highest BCUT2D eigenvalue weighted by Gasteiger charge is 2.36. The maximum atomic E-state index is 12.9. The number of nitrogens with one attached hydrogen (secondary N) is 2. The van der Waals surface area contributed by atoms with Gasteiger partial charge in [0.2, 0.25) is 5.91 Å². The van der Waals surface area contributed by atoms with Gasteiger partial charge < -0.3 is 20.5 Å². The molecule has 0 saturated heterocycles. The number of amides is 2. The summed E-state index contributed by atoms with van der Waals surface area (Å²) in [6.07, 6.45) is 0.203. The molecule has 2 aromatic carbocycles. The molecule has 0 bridgehead atoms. The number of aliphatic carboxylic acids is 1. The Kier molecular flexibility index (Phi) is 7.41. The van der Waals surface area contributed by atoms with Crippen LogP contribution in [0.25, 0.3) is 11.1 Å². The van der Waals surface area contributed by atoms with Crippen molar-refractivity contribution in [2.45, 2.75) is 58.5 Å². The number of alkyl carbamates (subject to hydrolysis) is 1. The molecule has 2 amide bonds. The third-order valence-corrected chi connectivity index (χ3v) is 5.93. The van der Waals surface area contributed by atoms with Gasteiger partial charge in [0.05, 0.1) is 0 Å². The molecule has 1 aliphatic carbocycles. The van der Waals surface area contributed by atoms with Crippen LogP contribution < -0.4 is 10.6 Å². The number of ether oxygens (including phenoxy) is 1. The van der Waals surface area contributed by atoms with Crippen molar-refractivity contribution in [1.29, 1.82) is 0 Å². The van der Waals surface area contributed by atoms with Crippen molar-refractivity contribution in [2.75, 3.05) is 6.61 Å². The fourth-order valence-electron chi connectivity index (χ4n) is 4.23. The number of carbonyl (C=O) groups excluding carboxylic acids is 2. The first kappa shape index (κ1) is 24.3. The summed E-state index contributed by atoms with van der Waals surface area (Å²) in [5.41, 5.74) is 3.81. The van der Waals surface area contributed by atoms with Gasteiger partial charge in [-0.1, -0.05) is 82.6 Å². The monoisotopic (exact) mass is 452 g/mol. The zero-order valence-corrected chi connectivity index (χ0v) is 19.6. The van der Waals surface area contributed by atoms with Gasteiger partial charge in [-0.15, -0.1) is 0 Å². The molecule has 0 aromatic heterocycles. The number of benzene rings is 2. The second-order valence-corrected chi connectivity index (χ2v) is 9.46. The van der Waals surface area contributed by atoms with Crippen molar-refractivity contribution in [3.63, 3.8) is 0 Å². The van der Waals surface area contributed by atoms with Crippen LogP contribution in [0.1, 0.15) is 57.6 Å². The molecule has 0 spiro atoms. The van der Waals surface area contributed by atoms with Gasteiger partial charge >= 0.3 is 12.1 Å². The summed E-state index contributed by atoms with van der Waals surface area (Å²) in [7, 11) is 0. The van der Waals surface area contributed by atoms with Crippen molar-refractivity contribution in [2.24, 2.45) is 5.41 Å². The SMILES string of the molecule is CCCC(NC(=O)C(NC(=O)OCC1c2ccccc2-c2ccccc21)C(C)(C)C)C(=O)O. The minimum absolute atomic E-state index is 0.0917. The number of carboxylic acids is 1. The molecule has 7 nitrogen and oxygen atoms in total. The number of carboxylic acid groups (broad SMARTS) is 1. The zero-order valence-electron chi connectivity index (χ0n) is 19.6. The first-order chi connectivity index (χ1) is 15.6. The summed E-state index contributed by atoms with van der Waals surface area (Å²) < 4.78 is 5.57. The molecule has 7 heteroatoms. The quantitative estimate of drug-likeness (QED) is 0.554. The van der Waals surface area contributed by atoms with Crippen molar-refractivity contribution in [1.82, 2.24) is 10.6 Å². The second-order valence-electron chi connectivity index (χ2n) is 9.46. The van der Waals surface area contributed by atoms with Crippen LogP contribution in [0, 0.1) is 5.41 Å². The Bertz CT molecular complexity index is 982. The molecule has 0 aliphatic heterocycles. The van der Waals surface area contributed by atoms with E-state index in [1.165, 1.54) is 0 Å². The van der Waals surface area contributed by atoms with E-state index in [0.717, 1.165) is 22.3 Å². The highest BCUT2D eigenvalue weighted by Crippen LogP contribution is 2.44. The molecule has 0 radical (unpaired) electrons. The van der Waals surface area contributed by atoms with Crippen molar-refractivity contribution in [3.8, 4) is 11.1 Å². The Hall–Kier alpha value is -3.35. The van der Waals surface area contributed by atoms with Gasteiger partial charge in [0.15, 0.2) is 0 Å². The van der Waals surface area contributed by atoms with Gasteiger partial charge in [-0.05, 0) is 34.1 Å². The first-order valence-electron chi connectivity index (χ1n) is 11.3. The van der Waals surface area contributed by atoms with Crippen LogP contribution in [-0.2, 0) is 14.3 Å². The lowest BCUT2D eigenvalue weighted by molar-refractivity contribution is -0.142. The van der Waals surface area contributed by atoms with Crippen LogP contribution in [0.5, 0.6) is 0 Å². The van der Waals surface area contributed by atoms with Crippen LogP contribution in [0.4, 0.5) is 4.79 Å². The summed E-state index contributed by atoms with van der Waals surface area (Å²) in [6.45, 7) is 7.38. The van der Waals surface area contributed by atoms with Crippen LogP contribution in [0.2, 0.25) is 0 Å². The highest BCUT2D eigenvalue weighted by atomic mass is 16.5. The summed E-state index contributed by atoms with van der Waals surface area (Å²) in [5.74, 6) is -1.73. The van der Waals surface area contributed by atoms with Crippen molar-refractivity contribution < 1.29 is 24.2 Å². The largest absolute Gasteiger partial charge is 0.480 e. The summed E-state index contributed by atoms with van der Waals surface area (Å²) in [6, 6.07) is 14.1. The third kappa shape index (κ3) is 5.53. The molecule has 2 atom stereocenters. The highest BCUT2D eigenvalue weighted by molar-refractivity contribution is 5.90. The Morgan fingerprint density at radius 2 is 1.52 bits per heavy atom. The van der Waals surface area contributed by atoms with E-state index in [0.29, 0.717) is 12.8 Å². The summed E-state index contributed by atoms with van der Waals surface area (Å²) in [4.78, 5) is 37.0. The smallest absolute Gasteiger partial charge is 0.407 e. The van der Waals surface area contributed by atoms with E-state index in [-0.39, 0.29) is 12.5 Å². The Labute approximate surface area is 194 Å². The van der Waals surface area contributed by atoms with E-state index < -0.39 is 35.5 Å². The number of hydrogen-bond donors (Lipinski definition) is 3. The summed E-state index contributed by atoms with van der Waals surface area (Å²) in [5, 5.41) is 14.6. The van der Waals surface area contributed by atoms with Crippen molar-refractivity contribution >= 4 is 18.0 Å². The molecule has 1 aliphatic rings. The zero-order chi connectivity index (χ0) is 24.2. The van der Waals surface area contributed by atoms with Gasteiger partial charge in [0, 0.05) is 5.92 Å². The van der Waals surface area contributed by atoms with Crippen LogP contribution in [0.3, 0.4) is 0 Å². The lowest BCUT2D eigenvalue weighted by atomic mass is 9.86. The fraction of sp³-hybridized carbons (Fsp3) is 0.423. The predicted octanol–water partition coefficient (Wildman–Crippen LogP) is 4.31. The molecular formula is C26H32N2O5. The van der Waals surface area contributed by atoms with E-state index in [9.17, 15) is 19.5 Å². The molecule has 33 heavy (non-hydrogen) atoms. The van der Waals surface area contributed by atoms with E-state index in [1.807, 2.05) is 43.3 Å². The Balaban J connectivity index is 1.69. The van der Waals surface area contributed by atoms with Gasteiger partial charge in [-0.25, -0.2) is 9.59 Å². The molecule has 2 unspecified atom stereocenters. The average molecular weight is 453 g/mol. The number of fused-ring (bicyclic) bond motifs is 3. The molecule has 3 rings (SSSR count). The average Bonchev–Trinajstić information content (AvgIpc) is 3.08. The lowest BCUT2D eigenvalue weighted by Crippen LogP contribution is -2.56. The molecule has 0 saturated carbocycles. The molecule has 0 fully saturated rings. The third-order valence-electron chi connectivity index (χ3n) is 5.93.